The van der Waals surface area contributed by atoms with Crippen molar-refractivity contribution in [2.24, 2.45) is 5.41 Å². The number of piperidine rings is 1. The molecule has 2 fully saturated rings. The van der Waals surface area contributed by atoms with E-state index in [0.29, 0.717) is 19.3 Å². The number of halogens is 2. The van der Waals surface area contributed by atoms with Gasteiger partial charge in [-0.25, -0.2) is 8.78 Å². The number of alkyl halides is 2. The van der Waals surface area contributed by atoms with Crippen molar-refractivity contribution in [3.05, 3.63) is 7.05 Å². The van der Waals surface area contributed by atoms with Crippen molar-refractivity contribution in [3.8, 4) is 0 Å². The predicted molar refractivity (Wildman–Crippen MR) is 38.2 cm³/mol. The summed E-state index contributed by atoms with van der Waals surface area (Å²) in [7, 11) is 3.54. The Morgan fingerprint density at radius 2 is 1.82 bits per heavy atom. The highest BCUT2D eigenvalue weighted by Crippen LogP contribution is 2.61. The van der Waals surface area contributed by atoms with Crippen LogP contribution in [0.4, 0.5) is 8.78 Å². The summed E-state index contributed by atoms with van der Waals surface area (Å²) in [6.45, 7) is 0.586. The van der Waals surface area contributed by atoms with E-state index in [4.69, 9.17) is 0 Å². The van der Waals surface area contributed by atoms with Crippen molar-refractivity contribution < 1.29 is 8.78 Å². The van der Waals surface area contributed by atoms with Gasteiger partial charge in [0.25, 0.3) is 5.92 Å². The van der Waals surface area contributed by atoms with Crippen molar-refractivity contribution >= 4 is 0 Å². The highest BCUT2D eigenvalue weighted by molar-refractivity contribution is 5.07. The molecule has 0 aromatic carbocycles. The minimum atomic E-state index is -2.48. The number of hydrogen-bond donors (Lipinski definition) is 0. The second-order valence-corrected chi connectivity index (χ2v) is 3.79. The van der Waals surface area contributed by atoms with Crippen LogP contribution >= 0.6 is 0 Å². The van der Waals surface area contributed by atoms with E-state index in [1.54, 1.807) is 0 Å². The van der Waals surface area contributed by atoms with Crippen molar-refractivity contribution in [2.45, 2.75) is 25.2 Å². The maximum atomic E-state index is 13.2. The molecule has 1 saturated carbocycles. The number of nitrogens with zero attached hydrogens (tertiary/aromatic N) is 1. The zero-order valence-electron chi connectivity index (χ0n) is 6.45. The van der Waals surface area contributed by atoms with E-state index in [1.165, 1.54) is 4.90 Å². The Balaban J connectivity index is 2.14. The summed E-state index contributed by atoms with van der Waals surface area (Å²) in [6, 6.07) is 0. The van der Waals surface area contributed by atoms with E-state index in [-0.39, 0.29) is 6.54 Å². The fourth-order valence-corrected chi connectivity index (χ4v) is 1.85. The molecule has 0 unspecified atom stereocenters. The molecule has 3 heteroatoms. The van der Waals surface area contributed by atoms with Crippen LogP contribution in [-0.2, 0) is 0 Å². The quantitative estimate of drug-likeness (QED) is 0.489. The Labute approximate surface area is 65.4 Å². The van der Waals surface area contributed by atoms with Crippen molar-refractivity contribution in [2.75, 3.05) is 13.1 Å². The number of hydrogen-bond acceptors (Lipinski definition) is 1. The SMILES string of the molecule is [CH2-]N1CCC2(CC2)C(F)(F)C1. The Hall–Kier alpha value is -0.180. The molecule has 0 aromatic rings. The molecule has 1 aliphatic heterocycles. The Morgan fingerprint density at radius 3 is 2.27 bits per heavy atom. The number of likely N-dealkylation sites (tertiary alicyclic amines) is 1. The zero-order chi connectivity index (χ0) is 8.11. The summed E-state index contributed by atoms with van der Waals surface area (Å²) < 4.78 is 26.4. The molecule has 11 heavy (non-hydrogen) atoms. The van der Waals surface area contributed by atoms with Crippen LogP contribution in [0.2, 0.25) is 0 Å². The first kappa shape index (κ1) is 7.47. The molecule has 0 atom stereocenters. The van der Waals surface area contributed by atoms with Gasteiger partial charge in [0, 0.05) is 12.0 Å². The third-order valence-corrected chi connectivity index (χ3v) is 2.96. The monoisotopic (exact) mass is 160 g/mol. The van der Waals surface area contributed by atoms with Crippen LogP contribution in [0.15, 0.2) is 0 Å². The lowest BCUT2D eigenvalue weighted by atomic mass is 9.90. The topological polar surface area (TPSA) is 3.24 Å². The average Bonchev–Trinajstić information content (AvgIpc) is 2.60. The summed E-state index contributed by atoms with van der Waals surface area (Å²) in [4.78, 5) is 1.48. The van der Waals surface area contributed by atoms with Crippen LogP contribution in [-0.4, -0.2) is 23.9 Å². The van der Waals surface area contributed by atoms with Gasteiger partial charge in [-0.2, -0.15) is 0 Å². The third kappa shape index (κ3) is 0.975. The molecule has 0 amide bonds. The third-order valence-electron chi connectivity index (χ3n) is 2.96. The summed E-state index contributed by atoms with van der Waals surface area (Å²) in [5.41, 5.74) is -0.610. The van der Waals surface area contributed by atoms with E-state index in [2.05, 4.69) is 7.05 Å². The molecular formula is C8H12F2N-. The lowest BCUT2D eigenvalue weighted by Crippen LogP contribution is -2.47. The molecule has 64 valence electrons. The Morgan fingerprint density at radius 1 is 1.18 bits per heavy atom. The van der Waals surface area contributed by atoms with Crippen LogP contribution in [0.5, 0.6) is 0 Å². The van der Waals surface area contributed by atoms with Gasteiger partial charge >= 0.3 is 0 Å². The molecular weight excluding hydrogens is 148 g/mol. The van der Waals surface area contributed by atoms with Crippen LogP contribution < -0.4 is 0 Å². The largest absolute Gasteiger partial charge is 0.454 e. The minimum Gasteiger partial charge on any atom is -0.454 e. The maximum Gasteiger partial charge on any atom is 0.263 e. The van der Waals surface area contributed by atoms with Crippen molar-refractivity contribution in [3.63, 3.8) is 0 Å². The summed E-state index contributed by atoms with van der Waals surface area (Å²) >= 11 is 0. The van der Waals surface area contributed by atoms with E-state index in [0.717, 1.165) is 6.54 Å². The molecule has 2 rings (SSSR count). The molecule has 1 heterocycles. The van der Waals surface area contributed by atoms with Crippen LogP contribution in [0.1, 0.15) is 19.3 Å². The van der Waals surface area contributed by atoms with Crippen LogP contribution in [0.25, 0.3) is 0 Å². The van der Waals surface area contributed by atoms with Gasteiger partial charge < -0.3 is 4.90 Å². The first-order chi connectivity index (χ1) is 5.06. The molecule has 1 spiro atoms. The van der Waals surface area contributed by atoms with Crippen LogP contribution in [0.3, 0.4) is 0 Å². The second kappa shape index (κ2) is 1.94. The predicted octanol–water partition coefficient (Wildman–Crippen LogP) is 1.90. The van der Waals surface area contributed by atoms with Gasteiger partial charge in [0.1, 0.15) is 0 Å². The highest BCUT2D eigenvalue weighted by atomic mass is 19.3. The van der Waals surface area contributed by atoms with Gasteiger partial charge in [0.2, 0.25) is 0 Å². The van der Waals surface area contributed by atoms with E-state index in [1.807, 2.05) is 0 Å². The zero-order valence-corrected chi connectivity index (χ0v) is 6.45. The minimum absolute atomic E-state index is 0.146. The fraction of sp³-hybridized carbons (Fsp3) is 0.875. The number of rotatable bonds is 0. The maximum absolute atomic E-state index is 13.2. The lowest BCUT2D eigenvalue weighted by molar-refractivity contribution is -0.115. The fourth-order valence-electron chi connectivity index (χ4n) is 1.85. The lowest BCUT2D eigenvalue weighted by Gasteiger charge is -2.41. The van der Waals surface area contributed by atoms with Gasteiger partial charge in [-0.15, -0.1) is 0 Å². The van der Waals surface area contributed by atoms with Gasteiger partial charge in [-0.1, -0.05) is 0 Å². The Bertz CT molecular complexity index is 175. The van der Waals surface area contributed by atoms with Gasteiger partial charge in [0.15, 0.2) is 0 Å². The first-order valence-electron chi connectivity index (χ1n) is 3.99. The molecule has 1 nitrogen and oxygen atoms in total. The molecule has 1 aliphatic carbocycles. The van der Waals surface area contributed by atoms with Crippen LogP contribution in [0, 0.1) is 12.5 Å². The summed E-state index contributed by atoms with van der Waals surface area (Å²) in [5, 5.41) is 0. The van der Waals surface area contributed by atoms with Crippen molar-refractivity contribution in [1.29, 1.82) is 0 Å². The van der Waals surface area contributed by atoms with Gasteiger partial charge in [0.05, 0.1) is 0 Å². The molecule has 0 radical (unpaired) electrons. The van der Waals surface area contributed by atoms with Gasteiger partial charge in [-0.3, -0.25) is 7.05 Å². The first-order valence-corrected chi connectivity index (χ1v) is 3.99. The molecule has 1 saturated heterocycles. The van der Waals surface area contributed by atoms with E-state index in [9.17, 15) is 8.78 Å². The second-order valence-electron chi connectivity index (χ2n) is 3.79. The normalized spacial score (nSPS) is 34.1. The average molecular weight is 160 g/mol. The smallest absolute Gasteiger partial charge is 0.263 e. The molecule has 2 aliphatic rings. The molecule has 0 bridgehead atoms. The van der Waals surface area contributed by atoms with E-state index >= 15 is 0 Å². The highest BCUT2D eigenvalue weighted by Gasteiger charge is 2.62. The Kier molecular flexibility index (Phi) is 1.32. The molecule has 0 aromatic heterocycles. The summed E-state index contributed by atoms with van der Waals surface area (Å²) in [5.74, 6) is -2.48. The van der Waals surface area contributed by atoms with Crippen molar-refractivity contribution in [1.82, 2.24) is 4.90 Å². The summed E-state index contributed by atoms with van der Waals surface area (Å²) in [6.07, 6.45) is 2.06. The standard InChI is InChI=1S/C8H12F2N/c1-11-5-4-7(2-3-7)8(9,10)6-11/h1-6H2/q-1. The van der Waals surface area contributed by atoms with E-state index < -0.39 is 11.3 Å². The molecule has 0 N–H and O–H groups in total. The van der Waals surface area contributed by atoms with Gasteiger partial charge in [-0.05, 0) is 25.8 Å².